The van der Waals surface area contributed by atoms with E-state index in [2.05, 4.69) is 35.5 Å². The summed E-state index contributed by atoms with van der Waals surface area (Å²) in [6.45, 7) is 4.22. The first-order chi connectivity index (χ1) is 16.1. The van der Waals surface area contributed by atoms with Crippen LogP contribution in [0.1, 0.15) is 72.6 Å². The van der Waals surface area contributed by atoms with Gasteiger partial charge in [-0.1, -0.05) is 13.8 Å². The van der Waals surface area contributed by atoms with Crippen molar-refractivity contribution in [3.8, 4) is 5.75 Å². The molecule has 1 saturated carbocycles. The van der Waals surface area contributed by atoms with Gasteiger partial charge in [-0.2, -0.15) is 0 Å². The molecule has 5 rings (SSSR count). The number of aromatic hydroxyl groups is 1. The van der Waals surface area contributed by atoms with Crippen molar-refractivity contribution < 1.29 is 14.3 Å². The van der Waals surface area contributed by atoms with Gasteiger partial charge in [0.15, 0.2) is 11.4 Å². The van der Waals surface area contributed by atoms with Crippen molar-refractivity contribution in [3.05, 3.63) is 61.6 Å². The maximum absolute atomic E-state index is 12.6. The van der Waals surface area contributed by atoms with Gasteiger partial charge in [0.1, 0.15) is 22.9 Å². The number of hydrogen-bond donors (Lipinski definition) is 3. The number of furan rings is 1. The van der Waals surface area contributed by atoms with E-state index in [1.807, 2.05) is 0 Å². The van der Waals surface area contributed by atoms with Gasteiger partial charge in [0, 0.05) is 26.2 Å². The Morgan fingerprint density at radius 2 is 1.91 bits per heavy atom. The van der Waals surface area contributed by atoms with E-state index in [0.717, 1.165) is 42.8 Å². The first-order valence-electron chi connectivity index (χ1n) is 11.5. The fraction of sp³-hybridized carbons (Fsp3) is 0.440. The standard InChI is InChI=1S/C25H28N4O5/c1-25(2)9-7-13-11-15(12-5-6-12)34-22(13)23(25)28-17-16(20(31)21(17)32)27-14-8-10-26-18(19(14)30)24(33)29(3)4/h8,10-12,23,28,30H,5-7,9H2,1-4H3,(H,26,27)/t23-/m0/s1. The van der Waals surface area contributed by atoms with E-state index in [4.69, 9.17) is 4.42 Å². The summed E-state index contributed by atoms with van der Waals surface area (Å²) in [5, 5.41) is 16.7. The summed E-state index contributed by atoms with van der Waals surface area (Å²) >= 11 is 0. The molecule has 0 spiro atoms. The van der Waals surface area contributed by atoms with E-state index < -0.39 is 16.8 Å². The van der Waals surface area contributed by atoms with Crippen LogP contribution in [0.4, 0.5) is 17.1 Å². The number of nitrogens with one attached hydrogen (secondary N) is 2. The third-order valence-electron chi connectivity index (χ3n) is 6.91. The van der Waals surface area contributed by atoms with Gasteiger partial charge in [-0.15, -0.1) is 0 Å². The van der Waals surface area contributed by atoms with Gasteiger partial charge in [0.05, 0.1) is 11.7 Å². The van der Waals surface area contributed by atoms with E-state index in [1.54, 1.807) is 14.1 Å². The van der Waals surface area contributed by atoms with Crippen LogP contribution in [-0.2, 0) is 6.42 Å². The van der Waals surface area contributed by atoms with Crippen LogP contribution in [0.3, 0.4) is 0 Å². The van der Waals surface area contributed by atoms with Crippen LogP contribution in [0.25, 0.3) is 0 Å². The van der Waals surface area contributed by atoms with Crippen molar-refractivity contribution in [2.75, 3.05) is 24.7 Å². The van der Waals surface area contributed by atoms with Crippen molar-refractivity contribution in [2.24, 2.45) is 5.41 Å². The average Bonchev–Trinajstić information content (AvgIpc) is 3.56. The number of nitrogens with zero attached hydrogens (tertiary/aromatic N) is 2. The Bertz CT molecular complexity index is 1360. The second-order valence-corrected chi connectivity index (χ2v) is 10.2. The first kappa shape index (κ1) is 22.2. The highest BCUT2D eigenvalue weighted by Crippen LogP contribution is 2.50. The third-order valence-corrected chi connectivity index (χ3v) is 6.91. The summed E-state index contributed by atoms with van der Waals surface area (Å²) in [5.74, 6) is 1.43. The Labute approximate surface area is 196 Å². The quantitative estimate of drug-likeness (QED) is 0.474. The maximum atomic E-state index is 12.6. The second kappa shape index (κ2) is 7.72. The lowest BCUT2D eigenvalue weighted by Gasteiger charge is -2.38. The van der Waals surface area contributed by atoms with Gasteiger partial charge in [-0.05, 0) is 48.8 Å². The van der Waals surface area contributed by atoms with E-state index in [0.29, 0.717) is 5.92 Å². The number of carbonyl (C=O) groups excluding carboxylic acids is 1. The Balaban J connectivity index is 1.47. The Hall–Kier alpha value is -3.62. The molecule has 2 aliphatic rings. The molecular weight excluding hydrogens is 436 g/mol. The molecule has 3 aromatic rings. The van der Waals surface area contributed by atoms with E-state index in [-0.39, 0.29) is 40.0 Å². The molecule has 34 heavy (non-hydrogen) atoms. The number of carbonyl (C=O) groups is 1. The Morgan fingerprint density at radius 1 is 1.21 bits per heavy atom. The van der Waals surface area contributed by atoms with Crippen LogP contribution in [-0.4, -0.2) is 35.0 Å². The fourth-order valence-electron chi connectivity index (χ4n) is 4.54. The maximum Gasteiger partial charge on any atom is 0.275 e. The number of amides is 1. The molecule has 3 N–H and O–H groups in total. The number of fused-ring (bicyclic) bond motifs is 1. The molecule has 9 heteroatoms. The number of anilines is 3. The molecule has 2 aromatic heterocycles. The summed E-state index contributed by atoms with van der Waals surface area (Å²) in [4.78, 5) is 42.5. The molecule has 9 nitrogen and oxygen atoms in total. The summed E-state index contributed by atoms with van der Waals surface area (Å²) in [6, 6.07) is 3.29. The normalized spacial score (nSPS) is 19.0. The van der Waals surface area contributed by atoms with Gasteiger partial charge >= 0.3 is 0 Å². The molecule has 1 aromatic carbocycles. The minimum atomic E-state index is -0.689. The molecule has 0 unspecified atom stereocenters. The molecule has 1 atom stereocenters. The van der Waals surface area contributed by atoms with Gasteiger partial charge in [0.2, 0.25) is 0 Å². The summed E-state index contributed by atoms with van der Waals surface area (Å²) in [5.41, 5.74) is -0.220. The summed E-state index contributed by atoms with van der Waals surface area (Å²) in [7, 11) is 3.09. The van der Waals surface area contributed by atoms with Gasteiger partial charge in [-0.25, -0.2) is 4.98 Å². The molecule has 0 bridgehead atoms. The van der Waals surface area contributed by atoms with Crippen molar-refractivity contribution in [2.45, 2.75) is 51.5 Å². The highest BCUT2D eigenvalue weighted by molar-refractivity contribution is 5.97. The topological polar surface area (TPSA) is 125 Å². The minimum absolute atomic E-state index is 0.0478. The van der Waals surface area contributed by atoms with Crippen molar-refractivity contribution >= 4 is 23.0 Å². The SMILES string of the molecule is CN(C)C(=O)c1nccc(Nc2c(N[C@H]3c4oc(C5CC5)cc4CCC3(C)C)c(=O)c2=O)c1O. The molecular formula is C25H28N4O5. The van der Waals surface area contributed by atoms with Crippen LogP contribution in [0.5, 0.6) is 5.75 Å². The van der Waals surface area contributed by atoms with Gasteiger partial charge in [-0.3, -0.25) is 14.4 Å². The monoisotopic (exact) mass is 464 g/mol. The molecule has 178 valence electrons. The Kier molecular flexibility index (Phi) is 5.03. The second-order valence-electron chi connectivity index (χ2n) is 10.2. The van der Waals surface area contributed by atoms with Crippen LogP contribution < -0.4 is 21.5 Å². The molecule has 1 fully saturated rings. The van der Waals surface area contributed by atoms with Crippen molar-refractivity contribution in [1.29, 1.82) is 0 Å². The van der Waals surface area contributed by atoms with Crippen LogP contribution in [0.15, 0.2) is 32.3 Å². The summed E-state index contributed by atoms with van der Waals surface area (Å²) in [6.07, 6.45) is 5.43. The third kappa shape index (κ3) is 3.55. The van der Waals surface area contributed by atoms with Gasteiger partial charge < -0.3 is 25.1 Å². The minimum Gasteiger partial charge on any atom is -0.504 e. The zero-order valence-corrected chi connectivity index (χ0v) is 19.7. The Morgan fingerprint density at radius 3 is 2.59 bits per heavy atom. The predicted octanol–water partition coefficient (Wildman–Crippen LogP) is 3.42. The van der Waals surface area contributed by atoms with E-state index >= 15 is 0 Å². The van der Waals surface area contributed by atoms with E-state index in [9.17, 15) is 19.5 Å². The lowest BCUT2D eigenvalue weighted by Crippen LogP contribution is -2.41. The number of rotatable bonds is 6. The summed E-state index contributed by atoms with van der Waals surface area (Å²) < 4.78 is 6.25. The zero-order valence-electron chi connectivity index (χ0n) is 19.7. The number of aromatic nitrogens is 1. The molecule has 0 radical (unpaired) electrons. The molecule has 0 aliphatic heterocycles. The molecule has 2 aliphatic carbocycles. The predicted molar refractivity (Wildman–Crippen MR) is 128 cm³/mol. The van der Waals surface area contributed by atoms with Crippen molar-refractivity contribution in [1.82, 2.24) is 9.88 Å². The van der Waals surface area contributed by atoms with Gasteiger partial charge in [0.25, 0.3) is 16.8 Å². The fourth-order valence-corrected chi connectivity index (χ4v) is 4.54. The molecule has 0 saturated heterocycles. The lowest BCUT2D eigenvalue weighted by molar-refractivity contribution is 0.0819. The molecule has 1 amide bonds. The zero-order chi connectivity index (χ0) is 24.4. The van der Waals surface area contributed by atoms with Crippen molar-refractivity contribution in [3.63, 3.8) is 0 Å². The van der Waals surface area contributed by atoms with Crippen LogP contribution in [0, 0.1) is 5.41 Å². The van der Waals surface area contributed by atoms with Crippen LogP contribution in [0.2, 0.25) is 0 Å². The lowest BCUT2D eigenvalue weighted by atomic mass is 9.73. The number of pyridine rings is 1. The average molecular weight is 465 g/mol. The number of aryl methyl sites for hydroxylation is 1. The first-order valence-corrected chi connectivity index (χ1v) is 11.5. The highest BCUT2D eigenvalue weighted by Gasteiger charge is 2.42. The van der Waals surface area contributed by atoms with Crippen LogP contribution >= 0.6 is 0 Å². The number of hydrogen-bond acceptors (Lipinski definition) is 8. The molecule has 2 heterocycles. The van der Waals surface area contributed by atoms with E-state index in [1.165, 1.54) is 17.2 Å². The largest absolute Gasteiger partial charge is 0.504 e. The highest BCUT2D eigenvalue weighted by atomic mass is 16.3. The smallest absolute Gasteiger partial charge is 0.275 e.